The van der Waals surface area contributed by atoms with Crippen LogP contribution in [0.1, 0.15) is 56.6 Å². The van der Waals surface area contributed by atoms with Crippen molar-refractivity contribution in [1.29, 1.82) is 0 Å². The van der Waals surface area contributed by atoms with Crippen LogP contribution in [0.15, 0.2) is 36.5 Å². The first-order valence-corrected chi connectivity index (χ1v) is 9.98. The fraction of sp³-hybridized carbons (Fsp3) is 0.500. The molecule has 1 aliphatic carbocycles. The molecule has 2 amide bonds. The molecule has 0 bridgehead atoms. The minimum absolute atomic E-state index is 0.190. The summed E-state index contributed by atoms with van der Waals surface area (Å²) in [6.07, 6.45) is 3.16. The molecular weight excluding hydrogens is 368 g/mol. The van der Waals surface area contributed by atoms with Gasteiger partial charge in [0.05, 0.1) is 28.7 Å². The van der Waals surface area contributed by atoms with Crippen LogP contribution in [0.25, 0.3) is 5.69 Å². The molecule has 2 aromatic rings. The smallest absolute Gasteiger partial charge is 0.407 e. The highest BCUT2D eigenvalue weighted by Gasteiger charge is 2.43. The molecule has 2 N–H and O–H groups in total. The lowest BCUT2D eigenvalue weighted by Crippen LogP contribution is -2.55. The molecule has 1 aromatic heterocycles. The molecule has 3 rings (SSSR count). The van der Waals surface area contributed by atoms with E-state index in [4.69, 9.17) is 4.74 Å². The van der Waals surface area contributed by atoms with Crippen molar-refractivity contribution >= 4 is 12.0 Å². The summed E-state index contributed by atoms with van der Waals surface area (Å²) in [5, 5.41) is 10.3. The fourth-order valence-corrected chi connectivity index (χ4v) is 3.37. The zero-order valence-electron chi connectivity index (χ0n) is 17.8. The molecule has 29 heavy (non-hydrogen) atoms. The summed E-state index contributed by atoms with van der Waals surface area (Å²) in [4.78, 5) is 25.1. The number of amides is 2. The van der Waals surface area contributed by atoms with E-state index in [0.29, 0.717) is 18.0 Å². The normalized spacial score (nSPS) is 16.0. The van der Waals surface area contributed by atoms with Crippen LogP contribution in [0, 0.1) is 12.8 Å². The van der Waals surface area contributed by atoms with Gasteiger partial charge in [-0.2, -0.15) is 5.10 Å². The molecule has 0 spiro atoms. The number of hydrogen-bond acceptors (Lipinski definition) is 4. The van der Waals surface area contributed by atoms with Crippen LogP contribution < -0.4 is 10.6 Å². The van der Waals surface area contributed by atoms with Crippen molar-refractivity contribution in [3.05, 3.63) is 47.8 Å². The van der Waals surface area contributed by atoms with Crippen LogP contribution in [0.4, 0.5) is 4.79 Å². The quantitative estimate of drug-likeness (QED) is 0.778. The number of benzene rings is 1. The van der Waals surface area contributed by atoms with E-state index in [0.717, 1.165) is 24.2 Å². The van der Waals surface area contributed by atoms with E-state index >= 15 is 0 Å². The molecule has 0 saturated heterocycles. The first kappa shape index (κ1) is 20.9. The van der Waals surface area contributed by atoms with Crippen molar-refractivity contribution in [3.8, 4) is 5.69 Å². The Morgan fingerprint density at radius 2 is 1.83 bits per heavy atom. The van der Waals surface area contributed by atoms with E-state index < -0.39 is 17.2 Å². The molecule has 0 aliphatic heterocycles. The summed E-state index contributed by atoms with van der Waals surface area (Å²) in [6, 6.07) is 9.70. The highest BCUT2D eigenvalue weighted by molar-refractivity contribution is 5.95. The van der Waals surface area contributed by atoms with E-state index in [-0.39, 0.29) is 5.91 Å². The summed E-state index contributed by atoms with van der Waals surface area (Å²) in [5.74, 6) is 0.135. The predicted octanol–water partition coefficient (Wildman–Crippen LogP) is 3.60. The number of alkyl carbamates (subject to hydrolysis) is 1. The van der Waals surface area contributed by atoms with Crippen molar-refractivity contribution < 1.29 is 14.3 Å². The molecule has 1 atom stereocenters. The van der Waals surface area contributed by atoms with Crippen LogP contribution in [0.5, 0.6) is 0 Å². The van der Waals surface area contributed by atoms with Crippen molar-refractivity contribution in [2.75, 3.05) is 6.54 Å². The molecule has 7 nitrogen and oxygen atoms in total. The summed E-state index contributed by atoms with van der Waals surface area (Å²) < 4.78 is 7.07. The average molecular weight is 399 g/mol. The van der Waals surface area contributed by atoms with Gasteiger partial charge in [0, 0.05) is 6.54 Å². The van der Waals surface area contributed by atoms with E-state index in [1.807, 2.05) is 65.0 Å². The number of aromatic nitrogens is 2. The molecule has 1 fully saturated rings. The number of carbonyl (C=O) groups is 2. The molecule has 1 saturated carbocycles. The van der Waals surface area contributed by atoms with E-state index in [9.17, 15) is 9.59 Å². The maximum absolute atomic E-state index is 13.0. The lowest BCUT2D eigenvalue weighted by molar-refractivity contribution is 0.0502. The summed E-state index contributed by atoms with van der Waals surface area (Å²) >= 11 is 0. The highest BCUT2D eigenvalue weighted by atomic mass is 16.6. The third-order valence-corrected chi connectivity index (χ3v) is 5.13. The second-order valence-electron chi connectivity index (χ2n) is 8.89. The molecule has 1 unspecified atom stereocenters. The van der Waals surface area contributed by atoms with Crippen LogP contribution in [0.3, 0.4) is 0 Å². The Morgan fingerprint density at radius 1 is 1.17 bits per heavy atom. The van der Waals surface area contributed by atoms with Gasteiger partial charge in [-0.05, 0) is 65.5 Å². The summed E-state index contributed by atoms with van der Waals surface area (Å²) in [6.45, 7) is 9.62. The maximum atomic E-state index is 13.0. The summed E-state index contributed by atoms with van der Waals surface area (Å²) in [7, 11) is 0. The lowest BCUT2D eigenvalue weighted by atomic mass is 9.95. The molecule has 1 heterocycles. The van der Waals surface area contributed by atoms with Gasteiger partial charge in [-0.3, -0.25) is 4.79 Å². The van der Waals surface area contributed by atoms with E-state index in [1.54, 1.807) is 10.9 Å². The molecule has 7 heteroatoms. The number of nitrogens with one attached hydrogen (secondary N) is 2. The number of nitrogens with zero attached hydrogens (tertiary/aromatic N) is 2. The second kappa shape index (κ2) is 7.89. The predicted molar refractivity (Wildman–Crippen MR) is 111 cm³/mol. The maximum Gasteiger partial charge on any atom is 0.407 e. The molecule has 1 aliphatic rings. The third-order valence-electron chi connectivity index (χ3n) is 5.13. The standard InChI is InChI=1S/C22H30N4O3/c1-15-18(13-24-26(15)17-9-7-6-8-10-17)19(27)25-22(5,16-11-12-16)14-23-20(28)29-21(2,3)4/h6-10,13,16H,11-12,14H2,1-5H3,(H,23,28)(H,25,27). The largest absolute Gasteiger partial charge is 0.444 e. The van der Waals surface area contributed by atoms with Gasteiger partial charge >= 0.3 is 6.09 Å². The lowest BCUT2D eigenvalue weighted by Gasteiger charge is -2.32. The van der Waals surface area contributed by atoms with Crippen molar-refractivity contribution in [2.45, 2.75) is 58.6 Å². The monoisotopic (exact) mass is 398 g/mol. The van der Waals surface area contributed by atoms with Crippen LogP contribution in [0.2, 0.25) is 0 Å². The van der Waals surface area contributed by atoms with Gasteiger partial charge in [0.25, 0.3) is 5.91 Å². The number of hydrogen-bond donors (Lipinski definition) is 2. The van der Waals surface area contributed by atoms with Crippen LogP contribution in [-0.2, 0) is 4.74 Å². The summed E-state index contributed by atoms with van der Waals surface area (Å²) in [5.41, 5.74) is 1.09. The van der Waals surface area contributed by atoms with Crippen LogP contribution >= 0.6 is 0 Å². The Kier molecular flexibility index (Phi) is 5.68. The van der Waals surface area contributed by atoms with Crippen molar-refractivity contribution in [2.24, 2.45) is 5.92 Å². The first-order chi connectivity index (χ1) is 13.6. The van der Waals surface area contributed by atoms with Crippen LogP contribution in [-0.4, -0.2) is 39.5 Å². The number of ether oxygens (including phenoxy) is 1. The average Bonchev–Trinajstić information content (AvgIpc) is 3.43. The molecule has 0 radical (unpaired) electrons. The number of para-hydroxylation sites is 1. The first-order valence-electron chi connectivity index (χ1n) is 9.98. The molecule has 1 aromatic carbocycles. The SMILES string of the molecule is Cc1c(C(=O)NC(C)(CNC(=O)OC(C)(C)C)C2CC2)cnn1-c1ccccc1. The molecule has 156 valence electrons. The van der Waals surface area contributed by atoms with Gasteiger partial charge in [-0.25, -0.2) is 9.48 Å². The van der Waals surface area contributed by atoms with Gasteiger partial charge in [0.1, 0.15) is 5.60 Å². The zero-order chi connectivity index (χ0) is 21.2. The number of rotatable bonds is 6. The number of carbonyl (C=O) groups excluding carboxylic acids is 2. The highest BCUT2D eigenvalue weighted by Crippen LogP contribution is 2.39. The van der Waals surface area contributed by atoms with Gasteiger partial charge in [-0.1, -0.05) is 18.2 Å². The third kappa shape index (κ3) is 5.16. The second-order valence-corrected chi connectivity index (χ2v) is 8.89. The van der Waals surface area contributed by atoms with Gasteiger partial charge in [0.15, 0.2) is 0 Å². The minimum atomic E-state index is -0.563. The molecular formula is C22H30N4O3. The van der Waals surface area contributed by atoms with Crippen molar-refractivity contribution in [1.82, 2.24) is 20.4 Å². The Hall–Kier alpha value is -2.83. The van der Waals surface area contributed by atoms with E-state index in [1.165, 1.54) is 0 Å². The Labute approximate surface area is 171 Å². The topological polar surface area (TPSA) is 85.2 Å². The Balaban J connectivity index is 1.70. The zero-order valence-corrected chi connectivity index (χ0v) is 17.8. The van der Waals surface area contributed by atoms with Gasteiger partial charge in [0.2, 0.25) is 0 Å². The van der Waals surface area contributed by atoms with E-state index in [2.05, 4.69) is 15.7 Å². The van der Waals surface area contributed by atoms with Gasteiger partial charge < -0.3 is 15.4 Å². The Morgan fingerprint density at radius 3 is 2.41 bits per heavy atom. The minimum Gasteiger partial charge on any atom is -0.444 e. The Bertz CT molecular complexity index is 881. The van der Waals surface area contributed by atoms with Crippen molar-refractivity contribution in [3.63, 3.8) is 0 Å². The fourth-order valence-electron chi connectivity index (χ4n) is 3.37. The van der Waals surface area contributed by atoms with Gasteiger partial charge in [-0.15, -0.1) is 0 Å².